The first-order valence-electron chi connectivity index (χ1n) is 5.60. The summed E-state index contributed by atoms with van der Waals surface area (Å²) in [5.74, 6) is -0.262. The number of benzene rings is 1. The Morgan fingerprint density at radius 3 is 2.72 bits per heavy atom. The van der Waals surface area contributed by atoms with Crippen LogP contribution in [0.1, 0.15) is 18.9 Å². The second kappa shape index (κ2) is 6.90. The lowest BCUT2D eigenvalue weighted by Crippen LogP contribution is -2.39. The quantitative estimate of drug-likeness (QED) is 0.815. The molecule has 4 nitrogen and oxygen atoms in total. The molecule has 0 aliphatic carbocycles. The molecule has 1 aromatic rings. The molecule has 0 saturated heterocycles. The number of rotatable bonds is 6. The van der Waals surface area contributed by atoms with Gasteiger partial charge in [-0.15, -0.1) is 0 Å². The van der Waals surface area contributed by atoms with Crippen molar-refractivity contribution in [2.75, 3.05) is 0 Å². The monoisotopic (exact) mass is 258 g/mol. The van der Waals surface area contributed by atoms with E-state index in [1.807, 2.05) is 0 Å². The van der Waals surface area contributed by atoms with Gasteiger partial charge in [-0.05, 0) is 12.5 Å². The molecule has 0 radical (unpaired) electrons. The van der Waals surface area contributed by atoms with Crippen molar-refractivity contribution in [3.05, 3.63) is 29.8 Å². The van der Waals surface area contributed by atoms with Crippen molar-refractivity contribution in [1.29, 1.82) is 0 Å². The van der Waals surface area contributed by atoms with E-state index in [0.717, 1.165) is 0 Å². The minimum absolute atomic E-state index is 0.0536. The molecule has 0 spiro atoms. The smallest absolute Gasteiger partial charge is 0.387 e. The maximum absolute atomic E-state index is 12.2. The molecule has 1 amide bonds. The Morgan fingerprint density at radius 1 is 1.44 bits per heavy atom. The first-order valence-corrected chi connectivity index (χ1v) is 5.60. The van der Waals surface area contributed by atoms with E-state index in [2.05, 4.69) is 10.1 Å². The molecule has 1 atom stereocenters. The van der Waals surface area contributed by atoms with Crippen LogP contribution in [0.3, 0.4) is 0 Å². The standard InChI is InChI=1S/C12H16F2N2O2/c1-2-9(15)11(17)16-7-8-5-3-4-6-10(8)18-12(13)14/h3-6,9,12H,2,7,15H2,1H3,(H,16,17). The second-order valence-corrected chi connectivity index (χ2v) is 3.72. The number of carbonyl (C=O) groups is 1. The van der Waals surface area contributed by atoms with E-state index in [4.69, 9.17) is 5.73 Å². The summed E-state index contributed by atoms with van der Waals surface area (Å²) in [6, 6.07) is 5.71. The number of ether oxygens (including phenoxy) is 1. The van der Waals surface area contributed by atoms with E-state index in [1.165, 1.54) is 6.07 Å². The lowest BCUT2D eigenvalue weighted by molar-refractivity contribution is -0.122. The Bertz CT molecular complexity index is 399. The van der Waals surface area contributed by atoms with Crippen molar-refractivity contribution >= 4 is 5.91 Å². The predicted molar refractivity (Wildman–Crippen MR) is 63.2 cm³/mol. The number of nitrogens with one attached hydrogen (secondary N) is 1. The Morgan fingerprint density at radius 2 is 2.11 bits per heavy atom. The van der Waals surface area contributed by atoms with Crippen molar-refractivity contribution in [1.82, 2.24) is 5.32 Å². The van der Waals surface area contributed by atoms with E-state index < -0.39 is 12.7 Å². The van der Waals surface area contributed by atoms with Crippen molar-refractivity contribution < 1.29 is 18.3 Å². The van der Waals surface area contributed by atoms with Crippen molar-refractivity contribution in [2.24, 2.45) is 5.73 Å². The van der Waals surface area contributed by atoms with Gasteiger partial charge in [0.25, 0.3) is 0 Å². The summed E-state index contributed by atoms with van der Waals surface area (Å²) < 4.78 is 28.7. The van der Waals surface area contributed by atoms with Crippen LogP contribution in [-0.4, -0.2) is 18.6 Å². The normalized spacial score (nSPS) is 12.3. The maximum atomic E-state index is 12.2. The zero-order valence-corrected chi connectivity index (χ0v) is 10.0. The van der Waals surface area contributed by atoms with Crippen molar-refractivity contribution in [2.45, 2.75) is 32.5 Å². The van der Waals surface area contributed by atoms with E-state index >= 15 is 0 Å². The fraction of sp³-hybridized carbons (Fsp3) is 0.417. The van der Waals surface area contributed by atoms with Gasteiger partial charge in [0.1, 0.15) is 5.75 Å². The lowest BCUT2D eigenvalue weighted by atomic mass is 10.2. The SMILES string of the molecule is CCC(N)C(=O)NCc1ccccc1OC(F)F. The van der Waals surface area contributed by atoms with Crippen LogP contribution in [0.5, 0.6) is 5.75 Å². The number of amides is 1. The number of carbonyl (C=O) groups excluding carboxylic acids is 1. The highest BCUT2D eigenvalue weighted by Gasteiger charge is 2.13. The fourth-order valence-corrected chi connectivity index (χ4v) is 1.36. The van der Waals surface area contributed by atoms with Crippen molar-refractivity contribution in [3.8, 4) is 5.75 Å². The third-order valence-corrected chi connectivity index (χ3v) is 2.42. The third kappa shape index (κ3) is 4.29. The highest BCUT2D eigenvalue weighted by atomic mass is 19.3. The zero-order chi connectivity index (χ0) is 13.5. The van der Waals surface area contributed by atoms with Gasteiger partial charge in [0, 0.05) is 12.1 Å². The van der Waals surface area contributed by atoms with Gasteiger partial charge < -0.3 is 15.8 Å². The summed E-state index contributed by atoms with van der Waals surface area (Å²) in [7, 11) is 0. The van der Waals surface area contributed by atoms with Gasteiger partial charge in [0.05, 0.1) is 6.04 Å². The summed E-state index contributed by atoms with van der Waals surface area (Å²) >= 11 is 0. The van der Waals surface area contributed by atoms with Crippen LogP contribution < -0.4 is 15.8 Å². The van der Waals surface area contributed by atoms with Gasteiger partial charge in [-0.3, -0.25) is 4.79 Å². The van der Waals surface area contributed by atoms with Crippen LogP contribution in [0.25, 0.3) is 0 Å². The van der Waals surface area contributed by atoms with Crippen LogP contribution in [0, 0.1) is 0 Å². The van der Waals surface area contributed by atoms with Gasteiger partial charge in [-0.2, -0.15) is 8.78 Å². The predicted octanol–water partition coefficient (Wildman–Crippen LogP) is 1.64. The van der Waals surface area contributed by atoms with Crippen LogP contribution in [-0.2, 0) is 11.3 Å². The summed E-state index contributed by atoms with van der Waals surface area (Å²) in [5, 5.41) is 2.57. The Balaban J connectivity index is 2.64. The molecule has 0 aliphatic heterocycles. The molecule has 0 aliphatic rings. The number of hydrogen-bond acceptors (Lipinski definition) is 3. The van der Waals surface area contributed by atoms with Gasteiger partial charge in [-0.25, -0.2) is 0 Å². The maximum Gasteiger partial charge on any atom is 0.387 e. The summed E-state index contributed by atoms with van der Waals surface area (Å²) in [6.45, 7) is -0.993. The first kappa shape index (κ1) is 14.4. The van der Waals surface area contributed by atoms with Crippen LogP contribution in [0.2, 0.25) is 0 Å². The fourth-order valence-electron chi connectivity index (χ4n) is 1.36. The molecule has 0 saturated carbocycles. The summed E-state index contributed by atoms with van der Waals surface area (Å²) in [5.41, 5.74) is 6.02. The highest BCUT2D eigenvalue weighted by molar-refractivity contribution is 5.81. The van der Waals surface area contributed by atoms with Gasteiger partial charge >= 0.3 is 6.61 Å². The van der Waals surface area contributed by atoms with Crippen molar-refractivity contribution in [3.63, 3.8) is 0 Å². The van der Waals surface area contributed by atoms with E-state index in [1.54, 1.807) is 25.1 Å². The van der Waals surface area contributed by atoms with E-state index in [9.17, 15) is 13.6 Å². The molecule has 100 valence electrons. The van der Waals surface area contributed by atoms with Crippen LogP contribution in [0.4, 0.5) is 8.78 Å². The molecule has 0 heterocycles. The second-order valence-electron chi connectivity index (χ2n) is 3.72. The molecule has 0 bridgehead atoms. The number of hydrogen-bond donors (Lipinski definition) is 2. The number of halogens is 2. The average molecular weight is 258 g/mol. The Kier molecular flexibility index (Phi) is 5.51. The molecule has 0 fully saturated rings. The van der Waals surface area contributed by atoms with Crippen LogP contribution in [0.15, 0.2) is 24.3 Å². The van der Waals surface area contributed by atoms with Crippen LogP contribution >= 0.6 is 0 Å². The molecule has 18 heavy (non-hydrogen) atoms. The van der Waals surface area contributed by atoms with Gasteiger partial charge in [-0.1, -0.05) is 25.1 Å². The molecule has 0 aromatic heterocycles. The van der Waals surface area contributed by atoms with E-state index in [0.29, 0.717) is 12.0 Å². The Hall–Kier alpha value is -1.69. The van der Waals surface area contributed by atoms with Gasteiger partial charge in [0.2, 0.25) is 5.91 Å². The van der Waals surface area contributed by atoms with E-state index in [-0.39, 0.29) is 18.2 Å². The molecule has 3 N–H and O–H groups in total. The molecule has 6 heteroatoms. The molecule has 1 aromatic carbocycles. The minimum Gasteiger partial charge on any atom is -0.434 e. The van der Waals surface area contributed by atoms with Gasteiger partial charge in [0.15, 0.2) is 0 Å². The number of para-hydroxylation sites is 1. The summed E-state index contributed by atoms with van der Waals surface area (Å²) in [4.78, 5) is 11.5. The molecular formula is C12H16F2N2O2. The Labute approximate surface area is 104 Å². The lowest BCUT2D eigenvalue weighted by Gasteiger charge is -2.13. The zero-order valence-electron chi connectivity index (χ0n) is 10.0. The summed E-state index contributed by atoms with van der Waals surface area (Å²) in [6.07, 6.45) is 0.515. The molecule has 1 unspecified atom stereocenters. The first-order chi connectivity index (χ1) is 8.54. The average Bonchev–Trinajstić information content (AvgIpc) is 2.35. The minimum atomic E-state index is -2.89. The number of nitrogens with two attached hydrogens (primary N) is 1. The molecular weight excluding hydrogens is 242 g/mol. The molecule has 1 rings (SSSR count). The topological polar surface area (TPSA) is 64.4 Å². The largest absolute Gasteiger partial charge is 0.434 e. The number of alkyl halides is 2. The highest BCUT2D eigenvalue weighted by Crippen LogP contribution is 2.19. The third-order valence-electron chi connectivity index (χ3n) is 2.42.